The number of allylic oxidation sites excluding steroid dienone is 4. The smallest absolute Gasteiger partial charge is 0.0528 e. The maximum absolute atomic E-state index is 4.36. The lowest BCUT2D eigenvalue weighted by atomic mass is 9.80. The van der Waals surface area contributed by atoms with Crippen molar-refractivity contribution in [2.45, 2.75) is 32.1 Å². The molecule has 25 heavy (non-hydrogen) atoms. The molecule has 1 unspecified atom stereocenters. The summed E-state index contributed by atoms with van der Waals surface area (Å²) in [6.45, 7) is 12.5. The molecule has 0 radical (unpaired) electrons. The minimum atomic E-state index is 0.0345. The molecule has 3 aliphatic rings. The Balaban J connectivity index is 1.94. The van der Waals surface area contributed by atoms with E-state index in [0.717, 1.165) is 12.1 Å². The first-order valence-electron chi connectivity index (χ1n) is 9.12. The molecule has 0 bridgehead atoms. The fraction of sp³-hybridized carbons (Fsp3) is 0.250. The van der Waals surface area contributed by atoms with Crippen LogP contribution in [0.2, 0.25) is 0 Å². The molecule has 2 aromatic carbocycles. The molecule has 0 aromatic heterocycles. The Hall–Kier alpha value is -2.54. The highest BCUT2D eigenvalue weighted by molar-refractivity contribution is 5.95. The van der Waals surface area contributed by atoms with Crippen molar-refractivity contribution < 1.29 is 0 Å². The zero-order valence-electron chi connectivity index (χ0n) is 15.1. The van der Waals surface area contributed by atoms with Crippen molar-refractivity contribution in [3.05, 3.63) is 83.6 Å². The van der Waals surface area contributed by atoms with E-state index in [0.29, 0.717) is 5.92 Å². The molecule has 0 N–H and O–H groups in total. The van der Waals surface area contributed by atoms with E-state index in [-0.39, 0.29) is 5.41 Å². The molecule has 124 valence electrons. The predicted molar refractivity (Wildman–Crippen MR) is 107 cm³/mol. The maximum atomic E-state index is 4.36. The van der Waals surface area contributed by atoms with Gasteiger partial charge in [0.1, 0.15) is 0 Å². The van der Waals surface area contributed by atoms with Gasteiger partial charge in [0, 0.05) is 29.6 Å². The summed E-state index contributed by atoms with van der Waals surface area (Å²) in [5, 5.41) is 0. The lowest BCUT2D eigenvalue weighted by molar-refractivity contribution is 0.659. The van der Waals surface area contributed by atoms with Crippen molar-refractivity contribution in [2.75, 3.05) is 11.4 Å². The van der Waals surface area contributed by atoms with Crippen LogP contribution in [0, 0.1) is 0 Å². The zero-order valence-corrected chi connectivity index (χ0v) is 15.1. The number of hydrogen-bond acceptors (Lipinski definition) is 1. The van der Waals surface area contributed by atoms with Crippen LogP contribution in [0.5, 0.6) is 0 Å². The van der Waals surface area contributed by atoms with Gasteiger partial charge in [0.05, 0.1) is 5.69 Å². The fourth-order valence-electron chi connectivity index (χ4n) is 4.93. The molecule has 0 saturated carbocycles. The van der Waals surface area contributed by atoms with Gasteiger partial charge < -0.3 is 4.90 Å². The third-order valence-electron chi connectivity index (χ3n) is 6.15. The summed E-state index contributed by atoms with van der Waals surface area (Å²) in [4.78, 5) is 2.41. The summed E-state index contributed by atoms with van der Waals surface area (Å²) in [5.41, 5.74) is 11.1. The summed E-state index contributed by atoms with van der Waals surface area (Å²) in [7, 11) is 0. The number of nitrogens with zero attached hydrogens (tertiary/aromatic N) is 1. The lowest BCUT2D eigenvalue weighted by Gasteiger charge is -2.25. The predicted octanol–water partition coefficient (Wildman–Crippen LogP) is 6.01. The average molecular weight is 325 g/mol. The van der Waals surface area contributed by atoms with Crippen molar-refractivity contribution in [3.63, 3.8) is 0 Å². The van der Waals surface area contributed by atoms with Crippen LogP contribution in [0.3, 0.4) is 0 Å². The standard InChI is InChI=1S/C24H23N/c1-15-9-7-8-12-25-14-16(2)21-22-17-10-5-6-11-19(17)24(3,4)20(22)13-18(15)23(21)25/h5-13,16H,1,14H2,2-4H3/b9-7-,12-8-. The monoisotopic (exact) mass is 325 g/mol. The molecule has 1 nitrogen and oxygen atoms in total. The van der Waals surface area contributed by atoms with E-state index in [9.17, 15) is 0 Å². The van der Waals surface area contributed by atoms with Crippen molar-refractivity contribution in [1.29, 1.82) is 0 Å². The Kier molecular flexibility index (Phi) is 2.81. The fourth-order valence-corrected chi connectivity index (χ4v) is 4.93. The van der Waals surface area contributed by atoms with E-state index in [2.05, 4.69) is 87.0 Å². The van der Waals surface area contributed by atoms with Crippen LogP contribution in [-0.4, -0.2) is 6.54 Å². The van der Waals surface area contributed by atoms with Crippen LogP contribution >= 0.6 is 0 Å². The average Bonchev–Trinajstić information content (AvgIpc) is 3.03. The first-order chi connectivity index (χ1) is 12.0. The third-order valence-corrected chi connectivity index (χ3v) is 6.15. The molecule has 2 aromatic rings. The van der Waals surface area contributed by atoms with Crippen molar-refractivity contribution in [2.24, 2.45) is 0 Å². The second kappa shape index (κ2) is 4.76. The SMILES string of the molecule is C=C1/C=C\C=C/N2CC(C)c3c4c(cc1c32)C(C)(C)c1ccccc1-4. The number of benzene rings is 2. The van der Waals surface area contributed by atoms with E-state index in [1.54, 1.807) is 0 Å². The Bertz CT molecular complexity index is 987. The minimum absolute atomic E-state index is 0.0345. The first-order valence-corrected chi connectivity index (χ1v) is 9.12. The normalized spacial score (nSPS) is 24.2. The second-order valence-electron chi connectivity index (χ2n) is 8.06. The summed E-state index contributed by atoms with van der Waals surface area (Å²) in [6, 6.07) is 11.3. The Morgan fingerprint density at radius 3 is 2.72 bits per heavy atom. The van der Waals surface area contributed by atoms with Crippen LogP contribution in [0.4, 0.5) is 5.69 Å². The summed E-state index contributed by atoms with van der Waals surface area (Å²) < 4.78 is 0. The topological polar surface area (TPSA) is 3.24 Å². The minimum Gasteiger partial charge on any atom is -0.347 e. The first kappa shape index (κ1) is 14.8. The highest BCUT2D eigenvalue weighted by Gasteiger charge is 2.41. The van der Waals surface area contributed by atoms with Gasteiger partial charge in [0.2, 0.25) is 0 Å². The van der Waals surface area contributed by atoms with Crippen LogP contribution in [0.25, 0.3) is 16.7 Å². The van der Waals surface area contributed by atoms with Gasteiger partial charge in [0.15, 0.2) is 0 Å². The summed E-state index contributed by atoms with van der Waals surface area (Å²) >= 11 is 0. The summed E-state index contributed by atoms with van der Waals surface area (Å²) in [5.74, 6) is 0.515. The van der Waals surface area contributed by atoms with Gasteiger partial charge in [-0.3, -0.25) is 0 Å². The van der Waals surface area contributed by atoms with E-state index in [1.165, 1.54) is 39.1 Å². The Morgan fingerprint density at radius 2 is 1.88 bits per heavy atom. The molecule has 1 heteroatoms. The number of hydrogen-bond donors (Lipinski definition) is 0. The van der Waals surface area contributed by atoms with E-state index in [1.807, 2.05) is 0 Å². The summed E-state index contributed by atoms with van der Waals surface area (Å²) in [6.07, 6.45) is 8.57. The van der Waals surface area contributed by atoms with E-state index >= 15 is 0 Å². The molecule has 2 heterocycles. The Morgan fingerprint density at radius 1 is 1.08 bits per heavy atom. The maximum Gasteiger partial charge on any atom is 0.0528 e. The van der Waals surface area contributed by atoms with Gasteiger partial charge >= 0.3 is 0 Å². The van der Waals surface area contributed by atoms with Crippen LogP contribution in [-0.2, 0) is 5.41 Å². The quantitative estimate of drug-likeness (QED) is 0.573. The number of anilines is 1. The molecule has 1 aliphatic carbocycles. The van der Waals surface area contributed by atoms with Gasteiger partial charge in [-0.15, -0.1) is 0 Å². The van der Waals surface area contributed by atoms with Gasteiger partial charge in [-0.1, -0.05) is 63.8 Å². The molecular formula is C24H23N. The van der Waals surface area contributed by atoms with Gasteiger partial charge in [-0.2, -0.15) is 0 Å². The molecule has 0 spiro atoms. The van der Waals surface area contributed by atoms with Gasteiger partial charge in [0.25, 0.3) is 0 Å². The molecule has 0 amide bonds. The largest absolute Gasteiger partial charge is 0.347 e. The van der Waals surface area contributed by atoms with E-state index in [4.69, 9.17) is 0 Å². The zero-order chi connectivity index (χ0) is 17.3. The number of fused-ring (bicyclic) bond motifs is 4. The molecule has 2 aliphatic heterocycles. The van der Waals surface area contributed by atoms with Crippen molar-refractivity contribution in [3.8, 4) is 11.1 Å². The molecule has 0 saturated heterocycles. The lowest BCUT2D eigenvalue weighted by Crippen LogP contribution is -2.17. The van der Waals surface area contributed by atoms with Crippen molar-refractivity contribution in [1.82, 2.24) is 0 Å². The third kappa shape index (κ3) is 1.79. The molecule has 1 atom stereocenters. The van der Waals surface area contributed by atoms with E-state index < -0.39 is 0 Å². The molecule has 5 rings (SSSR count). The second-order valence-corrected chi connectivity index (χ2v) is 8.06. The molecule has 0 fully saturated rings. The van der Waals surface area contributed by atoms with Gasteiger partial charge in [-0.05, 0) is 45.5 Å². The highest BCUT2D eigenvalue weighted by Crippen LogP contribution is 2.57. The Labute approximate surface area is 150 Å². The van der Waals surface area contributed by atoms with Crippen molar-refractivity contribution >= 4 is 11.3 Å². The number of rotatable bonds is 0. The van der Waals surface area contributed by atoms with Gasteiger partial charge in [-0.25, -0.2) is 0 Å². The molecular weight excluding hydrogens is 302 g/mol. The van der Waals surface area contributed by atoms with Crippen LogP contribution in [0.1, 0.15) is 48.9 Å². The van der Waals surface area contributed by atoms with Crippen LogP contribution < -0.4 is 4.90 Å². The highest BCUT2D eigenvalue weighted by atomic mass is 15.1. The van der Waals surface area contributed by atoms with Crippen LogP contribution in [0.15, 0.2) is 61.3 Å².